The van der Waals surface area contributed by atoms with Crippen LogP contribution in [0.25, 0.3) is 0 Å². The predicted molar refractivity (Wildman–Crippen MR) is 86.9 cm³/mol. The Labute approximate surface area is 131 Å². The van der Waals surface area contributed by atoms with Crippen molar-refractivity contribution >= 4 is 5.96 Å². The highest BCUT2D eigenvalue weighted by atomic mass is 16.5. The molecule has 1 aliphatic carbocycles. The van der Waals surface area contributed by atoms with Gasteiger partial charge in [0.25, 0.3) is 0 Å². The second-order valence-electron chi connectivity index (χ2n) is 5.33. The average Bonchev–Trinajstić information content (AvgIpc) is 3.38. The minimum atomic E-state index is 0.570. The highest BCUT2D eigenvalue weighted by molar-refractivity contribution is 5.78. The van der Waals surface area contributed by atoms with Crippen LogP contribution in [-0.4, -0.2) is 51.3 Å². The third kappa shape index (κ3) is 4.72. The average molecular weight is 307 g/mol. The molecule has 0 aromatic heterocycles. The second-order valence-corrected chi connectivity index (χ2v) is 5.33. The maximum Gasteiger partial charge on any atom is 0.191 e. The van der Waals surface area contributed by atoms with Gasteiger partial charge in [0.1, 0.15) is 17.2 Å². The maximum absolute atomic E-state index is 5.93. The third-order valence-corrected chi connectivity index (χ3v) is 3.63. The van der Waals surface area contributed by atoms with Crippen LogP contribution in [-0.2, 0) is 0 Å². The van der Waals surface area contributed by atoms with Crippen LogP contribution in [0.2, 0.25) is 0 Å². The predicted octanol–water partition coefficient (Wildman–Crippen LogP) is 1.88. The molecule has 2 rings (SSSR count). The summed E-state index contributed by atoms with van der Waals surface area (Å²) in [5.41, 5.74) is 5.93. The molecule has 122 valence electrons. The number of benzene rings is 1. The van der Waals surface area contributed by atoms with Gasteiger partial charge in [-0.2, -0.15) is 0 Å². The molecular weight excluding hydrogens is 282 g/mol. The molecule has 0 aliphatic heterocycles. The van der Waals surface area contributed by atoms with E-state index >= 15 is 0 Å². The molecule has 0 amide bonds. The molecule has 0 heterocycles. The first-order valence-electron chi connectivity index (χ1n) is 7.52. The van der Waals surface area contributed by atoms with Gasteiger partial charge in [0.05, 0.1) is 20.8 Å². The Morgan fingerprint density at radius 3 is 2.32 bits per heavy atom. The van der Waals surface area contributed by atoms with Gasteiger partial charge in [0.2, 0.25) is 0 Å². The number of nitrogens with zero attached hydrogens (tertiary/aromatic N) is 2. The summed E-state index contributed by atoms with van der Waals surface area (Å²) >= 11 is 0. The van der Waals surface area contributed by atoms with Gasteiger partial charge in [-0.25, -0.2) is 0 Å². The fourth-order valence-electron chi connectivity index (χ4n) is 2.07. The van der Waals surface area contributed by atoms with E-state index in [1.54, 1.807) is 14.2 Å². The normalized spacial score (nSPS) is 14.6. The molecule has 0 saturated heterocycles. The van der Waals surface area contributed by atoms with E-state index in [0.717, 1.165) is 12.2 Å². The second kappa shape index (κ2) is 7.77. The fourth-order valence-corrected chi connectivity index (χ4v) is 2.07. The van der Waals surface area contributed by atoms with Gasteiger partial charge in [-0.1, -0.05) is 0 Å². The van der Waals surface area contributed by atoms with Gasteiger partial charge in [-0.3, -0.25) is 4.99 Å². The van der Waals surface area contributed by atoms with E-state index in [2.05, 4.69) is 4.99 Å². The molecule has 2 N–H and O–H groups in total. The molecule has 0 atom stereocenters. The lowest BCUT2D eigenvalue weighted by Crippen LogP contribution is -2.35. The first-order valence-corrected chi connectivity index (χ1v) is 7.52. The first kappa shape index (κ1) is 16.3. The van der Waals surface area contributed by atoms with E-state index in [-0.39, 0.29) is 0 Å². The van der Waals surface area contributed by atoms with Crippen molar-refractivity contribution in [3.63, 3.8) is 0 Å². The number of rotatable bonds is 8. The van der Waals surface area contributed by atoms with Crippen molar-refractivity contribution in [2.75, 3.05) is 34.4 Å². The van der Waals surface area contributed by atoms with Crippen molar-refractivity contribution in [2.45, 2.75) is 25.3 Å². The quantitative estimate of drug-likeness (QED) is 0.451. The van der Waals surface area contributed by atoms with E-state index in [1.165, 1.54) is 12.8 Å². The molecular formula is C16H25N3O3. The summed E-state index contributed by atoms with van der Waals surface area (Å²) in [7, 11) is 5.23. The van der Waals surface area contributed by atoms with Crippen molar-refractivity contribution < 1.29 is 14.2 Å². The Morgan fingerprint density at radius 1 is 1.18 bits per heavy atom. The van der Waals surface area contributed by atoms with Gasteiger partial charge in [0, 0.05) is 44.3 Å². The van der Waals surface area contributed by atoms with Crippen molar-refractivity contribution in [3.8, 4) is 17.2 Å². The zero-order chi connectivity index (χ0) is 15.9. The molecule has 0 unspecified atom stereocenters. The third-order valence-electron chi connectivity index (χ3n) is 3.63. The van der Waals surface area contributed by atoms with Crippen LogP contribution in [0.4, 0.5) is 0 Å². The van der Waals surface area contributed by atoms with Crippen molar-refractivity contribution in [1.82, 2.24) is 4.90 Å². The van der Waals surface area contributed by atoms with Crippen LogP contribution >= 0.6 is 0 Å². The minimum Gasteiger partial charge on any atom is -0.496 e. The molecule has 6 nitrogen and oxygen atoms in total. The van der Waals surface area contributed by atoms with Gasteiger partial charge >= 0.3 is 0 Å². The number of ether oxygens (including phenoxy) is 3. The van der Waals surface area contributed by atoms with Crippen LogP contribution in [0.3, 0.4) is 0 Å². The monoisotopic (exact) mass is 307 g/mol. The van der Waals surface area contributed by atoms with Gasteiger partial charge in [-0.15, -0.1) is 0 Å². The molecule has 1 aromatic rings. The van der Waals surface area contributed by atoms with Crippen molar-refractivity contribution in [1.29, 1.82) is 0 Å². The number of hydrogen-bond donors (Lipinski definition) is 1. The zero-order valence-corrected chi connectivity index (χ0v) is 13.5. The Hall–Kier alpha value is -2.11. The molecule has 1 fully saturated rings. The minimum absolute atomic E-state index is 0.570. The van der Waals surface area contributed by atoms with Crippen LogP contribution in [0.5, 0.6) is 17.2 Å². The lowest BCUT2D eigenvalue weighted by molar-refractivity contribution is 0.307. The Morgan fingerprint density at radius 2 is 1.77 bits per heavy atom. The molecule has 0 radical (unpaired) electrons. The molecule has 1 aliphatic rings. The summed E-state index contributed by atoms with van der Waals surface area (Å²) in [5, 5.41) is 0. The summed E-state index contributed by atoms with van der Waals surface area (Å²) in [5.74, 6) is 2.76. The molecule has 1 aromatic carbocycles. The number of hydrogen-bond acceptors (Lipinski definition) is 4. The van der Waals surface area contributed by atoms with Crippen molar-refractivity contribution in [2.24, 2.45) is 10.7 Å². The fraction of sp³-hybridized carbons (Fsp3) is 0.562. The lowest BCUT2D eigenvalue weighted by Gasteiger charge is -2.16. The topological polar surface area (TPSA) is 69.3 Å². The first-order chi connectivity index (χ1) is 10.6. The highest BCUT2D eigenvalue weighted by Crippen LogP contribution is 2.27. The van der Waals surface area contributed by atoms with Crippen LogP contribution < -0.4 is 19.9 Å². The number of guanidine groups is 1. The number of nitrogens with two attached hydrogens (primary N) is 1. The number of aliphatic imine (C=N–C) groups is 1. The summed E-state index contributed by atoms with van der Waals surface area (Å²) in [6, 6.07) is 6.07. The summed E-state index contributed by atoms with van der Waals surface area (Å²) in [6.45, 7) is 1.23. The van der Waals surface area contributed by atoms with Gasteiger partial charge in [0.15, 0.2) is 5.96 Å². The zero-order valence-electron chi connectivity index (χ0n) is 13.5. The summed E-state index contributed by atoms with van der Waals surface area (Å²) < 4.78 is 16.1. The molecule has 1 saturated carbocycles. The Bertz CT molecular complexity index is 493. The largest absolute Gasteiger partial charge is 0.496 e. The maximum atomic E-state index is 5.93. The summed E-state index contributed by atoms with van der Waals surface area (Å²) in [4.78, 5) is 6.42. The highest BCUT2D eigenvalue weighted by Gasteiger charge is 2.27. The molecule has 22 heavy (non-hydrogen) atoms. The van der Waals surface area contributed by atoms with E-state index in [9.17, 15) is 0 Å². The molecule has 6 heteroatoms. The molecule has 0 spiro atoms. The Kier molecular flexibility index (Phi) is 5.75. The van der Waals surface area contributed by atoms with Gasteiger partial charge < -0.3 is 24.8 Å². The van der Waals surface area contributed by atoms with Crippen LogP contribution in [0.15, 0.2) is 23.2 Å². The summed E-state index contributed by atoms with van der Waals surface area (Å²) in [6.07, 6.45) is 3.24. The van der Waals surface area contributed by atoms with E-state index in [4.69, 9.17) is 19.9 Å². The van der Waals surface area contributed by atoms with Gasteiger partial charge in [-0.05, 0) is 12.8 Å². The van der Waals surface area contributed by atoms with E-state index < -0.39 is 0 Å². The lowest BCUT2D eigenvalue weighted by atomic mass is 10.3. The standard InChI is InChI=1S/C16H25N3O3/c1-19(12-5-6-12)16(17)18-7-4-8-22-15-10-13(20-2)9-14(11-15)21-3/h9-12H,4-8H2,1-3H3,(H2,17,18). The van der Waals surface area contributed by atoms with E-state index in [1.807, 2.05) is 30.1 Å². The number of methoxy groups -OCH3 is 2. The SMILES string of the molecule is COc1cc(OC)cc(OCCCN=C(N)N(C)C2CC2)c1. The van der Waals surface area contributed by atoms with Crippen molar-refractivity contribution in [3.05, 3.63) is 18.2 Å². The van der Waals surface area contributed by atoms with Crippen LogP contribution in [0, 0.1) is 0 Å². The molecule has 0 bridgehead atoms. The smallest absolute Gasteiger partial charge is 0.191 e. The van der Waals surface area contributed by atoms with E-state index in [0.29, 0.717) is 36.7 Å². The Balaban J connectivity index is 1.75. The van der Waals surface area contributed by atoms with Crippen LogP contribution in [0.1, 0.15) is 19.3 Å².